The number of methoxy groups -OCH3 is 1. The third-order valence-electron chi connectivity index (χ3n) is 2.42. The maximum atomic E-state index is 11.5. The van der Waals surface area contributed by atoms with Gasteiger partial charge in [-0.15, -0.1) is 0 Å². The van der Waals surface area contributed by atoms with Crippen LogP contribution in [0.5, 0.6) is 0 Å². The van der Waals surface area contributed by atoms with Gasteiger partial charge in [-0.1, -0.05) is 13.0 Å². The van der Waals surface area contributed by atoms with Crippen LogP contribution in [-0.2, 0) is 14.3 Å². The van der Waals surface area contributed by atoms with Gasteiger partial charge >= 0.3 is 5.97 Å². The van der Waals surface area contributed by atoms with E-state index in [1.165, 1.54) is 14.0 Å². The van der Waals surface area contributed by atoms with Gasteiger partial charge in [0.2, 0.25) is 5.91 Å². The molecule has 0 aliphatic carbocycles. The van der Waals surface area contributed by atoms with Crippen molar-refractivity contribution in [1.82, 2.24) is 0 Å². The smallest absolute Gasteiger partial charge is 0.328 e. The molecule has 0 bridgehead atoms. The van der Waals surface area contributed by atoms with Crippen molar-refractivity contribution < 1.29 is 14.3 Å². The normalized spacial score (nSPS) is 11.5. The Morgan fingerprint density at radius 1 is 1.33 bits per heavy atom. The minimum Gasteiger partial charge on any atom is -0.467 e. The molecule has 0 radical (unpaired) electrons. The van der Waals surface area contributed by atoms with Crippen LogP contribution in [0.4, 0.5) is 11.4 Å². The summed E-state index contributed by atoms with van der Waals surface area (Å²) in [5.74, 6) is -0.436. The number of carbonyl (C=O) groups is 2. The Bertz CT molecular complexity index is 432. The average Bonchev–Trinajstić information content (AvgIpc) is 2.34. The average molecular weight is 250 g/mol. The topological polar surface area (TPSA) is 67.4 Å². The molecule has 98 valence electrons. The second kappa shape index (κ2) is 6.64. The van der Waals surface area contributed by atoms with Gasteiger partial charge in [0.05, 0.1) is 7.11 Å². The number of nitrogens with one attached hydrogen (secondary N) is 2. The van der Waals surface area contributed by atoms with Crippen molar-refractivity contribution in [2.24, 2.45) is 0 Å². The van der Waals surface area contributed by atoms with Gasteiger partial charge in [-0.2, -0.15) is 0 Å². The highest BCUT2D eigenvalue weighted by Gasteiger charge is 2.16. The molecule has 5 nitrogen and oxygen atoms in total. The van der Waals surface area contributed by atoms with Gasteiger partial charge in [-0.05, 0) is 24.6 Å². The molecule has 1 rings (SSSR count). The van der Waals surface area contributed by atoms with Gasteiger partial charge in [-0.3, -0.25) is 4.79 Å². The lowest BCUT2D eigenvalue weighted by Crippen LogP contribution is -2.29. The van der Waals surface area contributed by atoms with Crippen molar-refractivity contribution in [2.45, 2.75) is 26.3 Å². The van der Waals surface area contributed by atoms with Crippen molar-refractivity contribution in [3.8, 4) is 0 Å². The third kappa shape index (κ3) is 4.08. The molecule has 1 aromatic carbocycles. The molecular weight excluding hydrogens is 232 g/mol. The lowest BCUT2D eigenvalue weighted by molar-refractivity contribution is -0.141. The first-order valence-electron chi connectivity index (χ1n) is 5.78. The Labute approximate surface area is 107 Å². The first-order valence-corrected chi connectivity index (χ1v) is 5.78. The summed E-state index contributed by atoms with van der Waals surface area (Å²) < 4.78 is 4.70. The van der Waals surface area contributed by atoms with E-state index in [9.17, 15) is 9.59 Å². The van der Waals surface area contributed by atoms with E-state index in [0.29, 0.717) is 12.1 Å². The van der Waals surface area contributed by atoms with E-state index in [4.69, 9.17) is 4.74 Å². The summed E-state index contributed by atoms with van der Waals surface area (Å²) in [6, 6.07) is 6.80. The zero-order valence-corrected chi connectivity index (χ0v) is 10.8. The number of ether oxygens (including phenoxy) is 1. The van der Waals surface area contributed by atoms with E-state index in [1.807, 2.05) is 13.0 Å². The predicted octanol–water partition coefficient (Wildman–Crippen LogP) is 2.01. The van der Waals surface area contributed by atoms with Crippen LogP contribution < -0.4 is 10.6 Å². The molecule has 0 saturated heterocycles. The summed E-state index contributed by atoms with van der Waals surface area (Å²) in [4.78, 5) is 22.4. The first-order chi connectivity index (χ1) is 8.56. The molecular formula is C13H18N2O3. The van der Waals surface area contributed by atoms with Crippen LogP contribution >= 0.6 is 0 Å². The van der Waals surface area contributed by atoms with E-state index in [2.05, 4.69) is 10.6 Å². The summed E-state index contributed by atoms with van der Waals surface area (Å²) in [7, 11) is 1.36. The van der Waals surface area contributed by atoms with Crippen molar-refractivity contribution in [3.63, 3.8) is 0 Å². The number of rotatable bonds is 5. The molecule has 0 aliphatic heterocycles. The number of benzene rings is 1. The van der Waals surface area contributed by atoms with E-state index in [-0.39, 0.29) is 17.9 Å². The highest BCUT2D eigenvalue weighted by Crippen LogP contribution is 2.16. The first kappa shape index (κ1) is 14.0. The van der Waals surface area contributed by atoms with Crippen LogP contribution in [0.25, 0.3) is 0 Å². The predicted molar refractivity (Wildman–Crippen MR) is 70.5 cm³/mol. The summed E-state index contributed by atoms with van der Waals surface area (Å²) in [6.45, 7) is 3.34. The molecule has 18 heavy (non-hydrogen) atoms. The van der Waals surface area contributed by atoms with Crippen molar-refractivity contribution in [1.29, 1.82) is 0 Å². The van der Waals surface area contributed by atoms with Crippen molar-refractivity contribution in [2.75, 3.05) is 17.7 Å². The van der Waals surface area contributed by atoms with Crippen LogP contribution in [0.1, 0.15) is 20.3 Å². The summed E-state index contributed by atoms with van der Waals surface area (Å²) in [5.41, 5.74) is 1.45. The van der Waals surface area contributed by atoms with Gasteiger partial charge in [0.1, 0.15) is 6.04 Å². The molecule has 2 N–H and O–H groups in total. The monoisotopic (exact) mass is 250 g/mol. The zero-order chi connectivity index (χ0) is 13.5. The van der Waals surface area contributed by atoms with Crippen molar-refractivity contribution >= 4 is 23.3 Å². The van der Waals surface area contributed by atoms with E-state index < -0.39 is 0 Å². The Balaban J connectivity index is 2.77. The van der Waals surface area contributed by atoms with Gasteiger partial charge in [0, 0.05) is 18.3 Å². The maximum Gasteiger partial charge on any atom is 0.328 e. The SMILES string of the molecule is CCC(Nc1cccc(NC(C)=O)c1)C(=O)OC. The Morgan fingerprint density at radius 3 is 2.56 bits per heavy atom. The Kier molecular flexibility index (Phi) is 5.17. The molecule has 1 aromatic rings. The highest BCUT2D eigenvalue weighted by molar-refractivity contribution is 5.89. The highest BCUT2D eigenvalue weighted by atomic mass is 16.5. The largest absolute Gasteiger partial charge is 0.467 e. The van der Waals surface area contributed by atoms with Crippen LogP contribution in [0.15, 0.2) is 24.3 Å². The molecule has 0 fully saturated rings. The summed E-state index contributed by atoms with van der Waals surface area (Å²) >= 11 is 0. The molecule has 5 heteroatoms. The maximum absolute atomic E-state index is 11.5. The second-order valence-electron chi connectivity index (χ2n) is 3.89. The van der Waals surface area contributed by atoms with Gasteiger partial charge in [-0.25, -0.2) is 4.79 Å². The lowest BCUT2D eigenvalue weighted by Gasteiger charge is -2.16. The van der Waals surface area contributed by atoms with Crippen LogP contribution in [-0.4, -0.2) is 25.0 Å². The number of hydrogen-bond donors (Lipinski definition) is 2. The molecule has 1 atom stereocenters. The molecule has 0 aromatic heterocycles. The fourth-order valence-electron chi connectivity index (χ4n) is 1.56. The van der Waals surface area contributed by atoms with Crippen LogP contribution in [0.2, 0.25) is 0 Å². The summed E-state index contributed by atoms with van der Waals surface area (Å²) in [6.07, 6.45) is 0.622. The van der Waals surface area contributed by atoms with Crippen molar-refractivity contribution in [3.05, 3.63) is 24.3 Å². The van der Waals surface area contributed by atoms with Gasteiger partial charge in [0.25, 0.3) is 0 Å². The number of carbonyl (C=O) groups excluding carboxylic acids is 2. The zero-order valence-electron chi connectivity index (χ0n) is 10.8. The summed E-state index contributed by atoms with van der Waals surface area (Å²) in [5, 5.41) is 5.75. The second-order valence-corrected chi connectivity index (χ2v) is 3.89. The molecule has 0 heterocycles. The van der Waals surface area contributed by atoms with Gasteiger partial charge in [0.15, 0.2) is 0 Å². The third-order valence-corrected chi connectivity index (χ3v) is 2.42. The minimum absolute atomic E-state index is 0.132. The minimum atomic E-state index is -0.387. The number of amides is 1. The van der Waals surface area contributed by atoms with E-state index in [1.54, 1.807) is 18.2 Å². The van der Waals surface area contributed by atoms with E-state index >= 15 is 0 Å². The molecule has 0 spiro atoms. The Hall–Kier alpha value is -2.04. The molecule has 1 amide bonds. The van der Waals surface area contributed by atoms with Crippen LogP contribution in [0.3, 0.4) is 0 Å². The fraction of sp³-hybridized carbons (Fsp3) is 0.385. The lowest BCUT2D eigenvalue weighted by atomic mass is 10.2. The fourth-order valence-corrected chi connectivity index (χ4v) is 1.56. The molecule has 0 aliphatic rings. The standard InChI is InChI=1S/C13H18N2O3/c1-4-12(13(17)18-3)15-11-7-5-6-10(8-11)14-9(2)16/h5-8,12,15H,4H2,1-3H3,(H,14,16). The van der Waals surface area contributed by atoms with Crippen LogP contribution in [0, 0.1) is 0 Å². The number of esters is 1. The quantitative estimate of drug-likeness (QED) is 0.784. The number of hydrogen-bond acceptors (Lipinski definition) is 4. The van der Waals surface area contributed by atoms with Gasteiger partial charge < -0.3 is 15.4 Å². The molecule has 1 unspecified atom stereocenters. The Morgan fingerprint density at radius 2 is 2.00 bits per heavy atom. The number of anilines is 2. The molecule has 0 saturated carbocycles. The van der Waals surface area contributed by atoms with E-state index in [0.717, 1.165) is 5.69 Å².